The van der Waals surface area contributed by atoms with E-state index in [1.165, 1.54) is 6.92 Å². The molecule has 20 heavy (non-hydrogen) atoms. The molecular weight excluding hydrogens is 295 g/mol. The maximum atomic E-state index is 12.3. The van der Waals surface area contributed by atoms with Gasteiger partial charge in [0.1, 0.15) is 5.69 Å². The SMILES string of the molecule is CCNCC(C)S(=O)(=O)Nc1ccc(C(F)(F)F)nc1. The summed E-state index contributed by atoms with van der Waals surface area (Å²) in [5.74, 6) is 0. The molecule has 1 unspecified atom stereocenters. The van der Waals surface area contributed by atoms with Gasteiger partial charge in [0, 0.05) is 6.54 Å². The van der Waals surface area contributed by atoms with E-state index in [0.717, 1.165) is 18.3 Å². The van der Waals surface area contributed by atoms with Crippen LogP contribution in [-0.2, 0) is 16.2 Å². The molecule has 5 nitrogen and oxygen atoms in total. The Morgan fingerprint density at radius 2 is 2.00 bits per heavy atom. The zero-order valence-electron chi connectivity index (χ0n) is 11.0. The predicted molar refractivity (Wildman–Crippen MR) is 69.8 cm³/mol. The molecule has 0 fully saturated rings. The molecule has 2 N–H and O–H groups in total. The van der Waals surface area contributed by atoms with Crippen molar-refractivity contribution >= 4 is 15.7 Å². The molecule has 1 aromatic rings. The minimum Gasteiger partial charge on any atom is -0.316 e. The van der Waals surface area contributed by atoms with Gasteiger partial charge in [-0.05, 0) is 25.6 Å². The molecular formula is C11H16F3N3O2S. The molecule has 114 valence electrons. The summed E-state index contributed by atoms with van der Waals surface area (Å²) in [6.07, 6.45) is -3.70. The van der Waals surface area contributed by atoms with Gasteiger partial charge >= 0.3 is 6.18 Å². The van der Waals surface area contributed by atoms with Crippen LogP contribution in [0.5, 0.6) is 0 Å². The number of rotatable bonds is 6. The third-order valence-corrected chi connectivity index (χ3v) is 4.27. The van der Waals surface area contributed by atoms with Gasteiger partial charge in [0.25, 0.3) is 0 Å². The average Bonchev–Trinajstić information content (AvgIpc) is 2.34. The highest BCUT2D eigenvalue weighted by molar-refractivity contribution is 7.93. The van der Waals surface area contributed by atoms with E-state index in [0.29, 0.717) is 6.54 Å². The van der Waals surface area contributed by atoms with Gasteiger partial charge in [-0.1, -0.05) is 6.92 Å². The molecule has 0 aliphatic carbocycles. The number of anilines is 1. The van der Waals surface area contributed by atoms with E-state index in [2.05, 4.69) is 15.0 Å². The lowest BCUT2D eigenvalue weighted by Gasteiger charge is -2.15. The van der Waals surface area contributed by atoms with Crippen LogP contribution in [0.1, 0.15) is 19.5 Å². The van der Waals surface area contributed by atoms with Gasteiger partial charge in [-0.3, -0.25) is 4.72 Å². The Bertz CT molecular complexity index is 529. The van der Waals surface area contributed by atoms with Crippen molar-refractivity contribution in [2.75, 3.05) is 17.8 Å². The Morgan fingerprint density at radius 3 is 2.45 bits per heavy atom. The summed E-state index contributed by atoms with van der Waals surface area (Å²) in [6.45, 7) is 4.22. The molecule has 1 atom stereocenters. The summed E-state index contributed by atoms with van der Waals surface area (Å²) < 4.78 is 62.9. The second-order valence-corrected chi connectivity index (χ2v) is 6.29. The van der Waals surface area contributed by atoms with Crippen LogP contribution in [0.4, 0.5) is 18.9 Å². The van der Waals surface area contributed by atoms with Crippen molar-refractivity contribution < 1.29 is 21.6 Å². The van der Waals surface area contributed by atoms with Gasteiger partial charge in [0.2, 0.25) is 10.0 Å². The molecule has 0 saturated heterocycles. The number of alkyl halides is 3. The molecule has 0 aliphatic rings. The quantitative estimate of drug-likeness (QED) is 0.841. The molecule has 0 radical (unpaired) electrons. The largest absolute Gasteiger partial charge is 0.433 e. The topological polar surface area (TPSA) is 71.1 Å². The zero-order chi connectivity index (χ0) is 15.4. The summed E-state index contributed by atoms with van der Waals surface area (Å²) in [5, 5.41) is 2.17. The van der Waals surface area contributed by atoms with Crippen LogP contribution in [0, 0.1) is 0 Å². The van der Waals surface area contributed by atoms with Gasteiger partial charge in [0.05, 0.1) is 17.1 Å². The fraction of sp³-hybridized carbons (Fsp3) is 0.545. The number of nitrogens with one attached hydrogen (secondary N) is 2. The Kier molecular flexibility index (Phi) is 5.35. The van der Waals surface area contributed by atoms with Crippen LogP contribution in [0.3, 0.4) is 0 Å². The minimum absolute atomic E-state index is 0.00125. The number of nitrogens with zero attached hydrogens (tertiary/aromatic N) is 1. The number of hydrogen-bond acceptors (Lipinski definition) is 4. The van der Waals surface area contributed by atoms with E-state index in [4.69, 9.17) is 0 Å². The third-order valence-electron chi connectivity index (χ3n) is 2.53. The lowest BCUT2D eigenvalue weighted by Crippen LogP contribution is -2.34. The van der Waals surface area contributed by atoms with Crippen molar-refractivity contribution in [2.24, 2.45) is 0 Å². The third kappa shape index (κ3) is 4.64. The van der Waals surface area contributed by atoms with Crippen molar-refractivity contribution in [3.8, 4) is 0 Å². The Hall–Kier alpha value is -1.35. The first-order valence-corrected chi connectivity index (χ1v) is 7.47. The van der Waals surface area contributed by atoms with Crippen molar-refractivity contribution in [2.45, 2.75) is 25.3 Å². The van der Waals surface area contributed by atoms with Crippen molar-refractivity contribution in [1.82, 2.24) is 10.3 Å². The smallest absolute Gasteiger partial charge is 0.316 e. The molecule has 0 saturated carbocycles. The molecule has 0 bridgehead atoms. The molecule has 9 heteroatoms. The fourth-order valence-electron chi connectivity index (χ4n) is 1.34. The average molecular weight is 311 g/mol. The second-order valence-electron chi connectivity index (χ2n) is 4.20. The van der Waals surface area contributed by atoms with Crippen molar-refractivity contribution in [1.29, 1.82) is 0 Å². The predicted octanol–water partition coefficient (Wildman–Crippen LogP) is 1.84. The first-order chi connectivity index (χ1) is 9.16. The van der Waals surface area contributed by atoms with E-state index >= 15 is 0 Å². The van der Waals surface area contributed by atoms with Gasteiger partial charge in [-0.25, -0.2) is 13.4 Å². The van der Waals surface area contributed by atoms with E-state index in [1.54, 1.807) is 0 Å². The number of pyridine rings is 1. The van der Waals surface area contributed by atoms with Crippen LogP contribution in [0.25, 0.3) is 0 Å². The van der Waals surface area contributed by atoms with Crippen LogP contribution in [0.15, 0.2) is 18.3 Å². The summed E-state index contributed by atoms with van der Waals surface area (Å²) in [4.78, 5) is 3.19. The highest BCUT2D eigenvalue weighted by Gasteiger charge is 2.32. The Labute approximate surface area is 115 Å². The van der Waals surface area contributed by atoms with E-state index in [1.807, 2.05) is 6.92 Å². The van der Waals surface area contributed by atoms with Crippen LogP contribution in [0.2, 0.25) is 0 Å². The van der Waals surface area contributed by atoms with E-state index in [9.17, 15) is 21.6 Å². The van der Waals surface area contributed by atoms with Crippen molar-refractivity contribution in [3.63, 3.8) is 0 Å². The zero-order valence-corrected chi connectivity index (χ0v) is 11.8. The summed E-state index contributed by atoms with van der Waals surface area (Å²) >= 11 is 0. The normalized spacial score (nSPS) is 14.1. The maximum absolute atomic E-state index is 12.3. The number of halogens is 3. The van der Waals surface area contributed by atoms with Crippen molar-refractivity contribution in [3.05, 3.63) is 24.0 Å². The highest BCUT2D eigenvalue weighted by atomic mass is 32.2. The van der Waals surface area contributed by atoms with Crippen LogP contribution in [-0.4, -0.2) is 31.7 Å². The standard InChI is InChI=1S/C11H16F3N3O2S/c1-3-15-6-8(2)20(18,19)17-9-4-5-10(16-7-9)11(12,13)14/h4-5,7-8,15,17H,3,6H2,1-2H3. The first-order valence-electron chi connectivity index (χ1n) is 5.92. The molecule has 0 spiro atoms. The van der Waals surface area contributed by atoms with E-state index < -0.39 is 27.1 Å². The molecule has 0 aliphatic heterocycles. The lowest BCUT2D eigenvalue weighted by molar-refractivity contribution is -0.141. The molecule has 1 heterocycles. The van der Waals surface area contributed by atoms with Gasteiger partial charge in [0.15, 0.2) is 0 Å². The van der Waals surface area contributed by atoms with Gasteiger partial charge in [-0.15, -0.1) is 0 Å². The van der Waals surface area contributed by atoms with Crippen LogP contribution >= 0.6 is 0 Å². The first kappa shape index (κ1) is 16.7. The highest BCUT2D eigenvalue weighted by Crippen LogP contribution is 2.27. The summed E-state index contributed by atoms with van der Waals surface area (Å²) in [5.41, 5.74) is -1.07. The minimum atomic E-state index is -4.55. The molecule has 0 aromatic carbocycles. The monoisotopic (exact) mass is 311 g/mol. The van der Waals surface area contributed by atoms with Crippen LogP contribution < -0.4 is 10.0 Å². The van der Waals surface area contributed by atoms with Gasteiger partial charge < -0.3 is 5.32 Å². The summed E-state index contributed by atoms with van der Waals surface area (Å²) in [6, 6.07) is 1.76. The molecule has 1 rings (SSSR count). The maximum Gasteiger partial charge on any atom is 0.433 e. The number of hydrogen-bond donors (Lipinski definition) is 2. The molecule has 1 aromatic heterocycles. The second kappa shape index (κ2) is 6.40. The lowest BCUT2D eigenvalue weighted by atomic mass is 10.3. The fourth-order valence-corrected chi connectivity index (χ4v) is 2.33. The molecule has 0 amide bonds. The summed E-state index contributed by atoms with van der Waals surface area (Å²) in [7, 11) is -3.67. The Balaban J connectivity index is 2.78. The Morgan fingerprint density at radius 1 is 1.35 bits per heavy atom. The number of aromatic nitrogens is 1. The number of sulfonamides is 1. The van der Waals surface area contributed by atoms with Gasteiger partial charge in [-0.2, -0.15) is 13.2 Å². The van der Waals surface area contributed by atoms with E-state index in [-0.39, 0.29) is 12.2 Å².